The number of rotatable bonds is 11. The molecule has 1 atom stereocenters. The van der Waals surface area contributed by atoms with Crippen molar-refractivity contribution in [2.45, 2.75) is 39.5 Å². The Balaban J connectivity index is 3.43. The van der Waals surface area contributed by atoms with Gasteiger partial charge in [-0.05, 0) is 65.0 Å². The van der Waals surface area contributed by atoms with Crippen LogP contribution in [0.3, 0.4) is 0 Å². The fourth-order valence-electron chi connectivity index (χ4n) is 1.77. The van der Waals surface area contributed by atoms with Crippen molar-refractivity contribution in [1.82, 2.24) is 10.2 Å². The SMILES string of the molecule is CC[C@H](CCNCCCN)CCN(C)CC. The molecule has 0 bridgehead atoms. The maximum Gasteiger partial charge on any atom is -0.00193 e. The van der Waals surface area contributed by atoms with Crippen molar-refractivity contribution < 1.29 is 0 Å². The highest BCUT2D eigenvalue weighted by atomic mass is 15.1. The van der Waals surface area contributed by atoms with E-state index in [1.165, 1.54) is 25.8 Å². The fraction of sp³-hybridized carbons (Fsp3) is 1.00. The predicted octanol–water partition coefficient (Wildman–Crippen LogP) is 1.68. The zero-order valence-electron chi connectivity index (χ0n) is 11.5. The smallest absolute Gasteiger partial charge is 0.00193 e. The van der Waals surface area contributed by atoms with E-state index >= 15 is 0 Å². The summed E-state index contributed by atoms with van der Waals surface area (Å²) in [4.78, 5) is 2.39. The van der Waals surface area contributed by atoms with Gasteiger partial charge in [0, 0.05) is 0 Å². The molecular formula is C13H31N3. The summed E-state index contributed by atoms with van der Waals surface area (Å²) < 4.78 is 0. The van der Waals surface area contributed by atoms with Gasteiger partial charge in [-0.25, -0.2) is 0 Å². The van der Waals surface area contributed by atoms with Crippen LogP contribution in [-0.4, -0.2) is 44.7 Å². The fourth-order valence-corrected chi connectivity index (χ4v) is 1.77. The van der Waals surface area contributed by atoms with Crippen LogP contribution in [0.5, 0.6) is 0 Å². The summed E-state index contributed by atoms with van der Waals surface area (Å²) in [5.41, 5.74) is 5.45. The lowest BCUT2D eigenvalue weighted by atomic mass is 9.98. The first-order valence-corrected chi connectivity index (χ1v) is 6.83. The highest BCUT2D eigenvalue weighted by Gasteiger charge is 2.06. The highest BCUT2D eigenvalue weighted by molar-refractivity contribution is 4.62. The van der Waals surface area contributed by atoms with Crippen LogP contribution in [0.1, 0.15) is 39.5 Å². The van der Waals surface area contributed by atoms with E-state index in [4.69, 9.17) is 5.73 Å². The van der Waals surface area contributed by atoms with E-state index in [1.807, 2.05) is 0 Å². The Morgan fingerprint density at radius 1 is 1.19 bits per heavy atom. The molecule has 0 aromatic heterocycles. The Bertz CT molecular complexity index is 139. The maximum absolute atomic E-state index is 5.45. The van der Waals surface area contributed by atoms with Gasteiger partial charge < -0.3 is 16.0 Å². The van der Waals surface area contributed by atoms with Gasteiger partial charge in [-0.15, -0.1) is 0 Å². The van der Waals surface area contributed by atoms with Gasteiger partial charge in [0.25, 0.3) is 0 Å². The van der Waals surface area contributed by atoms with Crippen molar-refractivity contribution in [3.05, 3.63) is 0 Å². The van der Waals surface area contributed by atoms with Gasteiger partial charge in [0.2, 0.25) is 0 Å². The predicted molar refractivity (Wildman–Crippen MR) is 72.7 cm³/mol. The van der Waals surface area contributed by atoms with Crippen LogP contribution in [0.2, 0.25) is 0 Å². The van der Waals surface area contributed by atoms with E-state index in [0.717, 1.165) is 38.5 Å². The van der Waals surface area contributed by atoms with Crippen molar-refractivity contribution in [3.8, 4) is 0 Å². The van der Waals surface area contributed by atoms with Crippen LogP contribution >= 0.6 is 0 Å². The van der Waals surface area contributed by atoms with E-state index in [-0.39, 0.29) is 0 Å². The van der Waals surface area contributed by atoms with Crippen LogP contribution in [0.25, 0.3) is 0 Å². The first kappa shape index (κ1) is 15.9. The van der Waals surface area contributed by atoms with Crippen molar-refractivity contribution >= 4 is 0 Å². The molecule has 0 radical (unpaired) electrons. The molecule has 98 valence electrons. The van der Waals surface area contributed by atoms with Gasteiger partial charge >= 0.3 is 0 Å². The number of nitrogens with zero attached hydrogens (tertiary/aromatic N) is 1. The van der Waals surface area contributed by atoms with E-state index in [1.54, 1.807) is 0 Å². The molecular weight excluding hydrogens is 198 g/mol. The van der Waals surface area contributed by atoms with E-state index < -0.39 is 0 Å². The average molecular weight is 229 g/mol. The summed E-state index contributed by atoms with van der Waals surface area (Å²) in [5.74, 6) is 0.874. The molecule has 3 nitrogen and oxygen atoms in total. The first-order valence-electron chi connectivity index (χ1n) is 6.83. The molecule has 0 unspecified atom stereocenters. The minimum atomic E-state index is 0.797. The zero-order valence-corrected chi connectivity index (χ0v) is 11.5. The second kappa shape index (κ2) is 11.4. The molecule has 0 spiro atoms. The number of hydrogen-bond donors (Lipinski definition) is 2. The summed E-state index contributed by atoms with van der Waals surface area (Å²) >= 11 is 0. The number of hydrogen-bond acceptors (Lipinski definition) is 3. The molecule has 0 amide bonds. The van der Waals surface area contributed by atoms with Crippen LogP contribution in [0, 0.1) is 5.92 Å². The summed E-state index contributed by atoms with van der Waals surface area (Å²) in [6, 6.07) is 0. The standard InChI is InChI=1S/C13H31N3/c1-4-13(8-12-16(3)5-2)7-11-15-10-6-9-14/h13,15H,4-12,14H2,1-3H3/t13-/m1/s1. The second-order valence-electron chi connectivity index (χ2n) is 4.64. The lowest BCUT2D eigenvalue weighted by Gasteiger charge is -2.19. The highest BCUT2D eigenvalue weighted by Crippen LogP contribution is 2.12. The Morgan fingerprint density at radius 3 is 2.50 bits per heavy atom. The lowest BCUT2D eigenvalue weighted by Crippen LogP contribution is -2.24. The van der Waals surface area contributed by atoms with Gasteiger partial charge in [0.1, 0.15) is 0 Å². The van der Waals surface area contributed by atoms with Gasteiger partial charge in [0.05, 0.1) is 0 Å². The minimum Gasteiger partial charge on any atom is -0.330 e. The Labute approximate surface area is 102 Å². The van der Waals surface area contributed by atoms with Crippen LogP contribution < -0.4 is 11.1 Å². The maximum atomic E-state index is 5.45. The van der Waals surface area contributed by atoms with Gasteiger partial charge in [-0.3, -0.25) is 0 Å². The Kier molecular flexibility index (Phi) is 11.3. The molecule has 0 aliphatic carbocycles. The molecule has 0 aliphatic heterocycles. The van der Waals surface area contributed by atoms with Crippen molar-refractivity contribution in [3.63, 3.8) is 0 Å². The molecule has 0 saturated heterocycles. The van der Waals surface area contributed by atoms with Crippen LogP contribution in [0.4, 0.5) is 0 Å². The third kappa shape index (κ3) is 9.13. The Morgan fingerprint density at radius 2 is 1.94 bits per heavy atom. The van der Waals surface area contributed by atoms with Crippen molar-refractivity contribution in [2.75, 3.05) is 39.8 Å². The van der Waals surface area contributed by atoms with Crippen molar-refractivity contribution in [1.29, 1.82) is 0 Å². The number of nitrogens with one attached hydrogen (secondary N) is 1. The molecule has 0 aromatic rings. The van der Waals surface area contributed by atoms with Gasteiger partial charge in [-0.2, -0.15) is 0 Å². The molecule has 0 fully saturated rings. The molecule has 0 aromatic carbocycles. The molecule has 0 saturated carbocycles. The third-order valence-corrected chi connectivity index (χ3v) is 3.32. The summed E-state index contributed by atoms with van der Waals surface area (Å²) in [6.07, 6.45) is 5.03. The molecule has 3 N–H and O–H groups in total. The zero-order chi connectivity index (χ0) is 12.2. The summed E-state index contributed by atoms with van der Waals surface area (Å²) in [6.45, 7) is 9.93. The van der Waals surface area contributed by atoms with Crippen LogP contribution in [0.15, 0.2) is 0 Å². The van der Waals surface area contributed by atoms with Gasteiger partial charge in [-0.1, -0.05) is 20.3 Å². The van der Waals surface area contributed by atoms with E-state index in [2.05, 4.69) is 31.1 Å². The monoisotopic (exact) mass is 229 g/mol. The number of nitrogens with two attached hydrogens (primary N) is 1. The molecule has 0 aliphatic rings. The van der Waals surface area contributed by atoms with Crippen molar-refractivity contribution in [2.24, 2.45) is 11.7 Å². The largest absolute Gasteiger partial charge is 0.330 e. The molecule has 3 heteroatoms. The lowest BCUT2D eigenvalue weighted by molar-refractivity contribution is 0.300. The average Bonchev–Trinajstić information content (AvgIpc) is 2.32. The summed E-state index contributed by atoms with van der Waals surface area (Å²) in [5, 5.41) is 3.46. The Hall–Kier alpha value is -0.120. The molecule has 16 heavy (non-hydrogen) atoms. The molecule has 0 rings (SSSR count). The van der Waals surface area contributed by atoms with E-state index in [0.29, 0.717) is 0 Å². The first-order chi connectivity index (χ1) is 7.74. The van der Waals surface area contributed by atoms with Crippen LogP contribution in [-0.2, 0) is 0 Å². The second-order valence-corrected chi connectivity index (χ2v) is 4.64. The minimum absolute atomic E-state index is 0.797. The molecule has 0 heterocycles. The topological polar surface area (TPSA) is 41.3 Å². The quantitative estimate of drug-likeness (QED) is 0.530. The third-order valence-electron chi connectivity index (χ3n) is 3.32. The van der Waals surface area contributed by atoms with Gasteiger partial charge in [0.15, 0.2) is 0 Å². The summed E-state index contributed by atoms with van der Waals surface area (Å²) in [7, 11) is 2.20. The normalized spacial score (nSPS) is 13.3. The van der Waals surface area contributed by atoms with E-state index in [9.17, 15) is 0 Å².